The minimum Gasteiger partial charge on any atom is -0.484 e. The first-order valence-corrected chi connectivity index (χ1v) is 11.9. The zero-order chi connectivity index (χ0) is 22.9. The van der Waals surface area contributed by atoms with Crippen LogP contribution in [0.15, 0.2) is 60.7 Å². The van der Waals surface area contributed by atoms with Crippen LogP contribution in [0.2, 0.25) is 0 Å². The lowest BCUT2D eigenvalue weighted by atomic mass is 9.96. The summed E-state index contributed by atoms with van der Waals surface area (Å²) < 4.78 is 5.56. The van der Waals surface area contributed by atoms with Crippen LogP contribution in [0, 0.1) is 5.92 Å². The van der Waals surface area contributed by atoms with E-state index in [0.717, 1.165) is 32.7 Å². The molecule has 0 saturated carbocycles. The highest BCUT2D eigenvalue weighted by molar-refractivity contribution is 5.80. The fourth-order valence-electron chi connectivity index (χ4n) is 4.49. The van der Waals surface area contributed by atoms with Crippen molar-refractivity contribution in [2.24, 2.45) is 5.92 Å². The van der Waals surface area contributed by atoms with Crippen molar-refractivity contribution in [1.29, 1.82) is 0 Å². The third-order valence-corrected chi connectivity index (χ3v) is 6.54. The molecule has 2 aromatic rings. The number of benzene rings is 2. The van der Waals surface area contributed by atoms with Crippen LogP contribution in [0.4, 0.5) is 5.69 Å². The van der Waals surface area contributed by atoms with Gasteiger partial charge in [0.1, 0.15) is 5.75 Å². The normalized spacial score (nSPS) is 17.6. The van der Waals surface area contributed by atoms with Gasteiger partial charge in [0, 0.05) is 64.0 Å². The van der Waals surface area contributed by atoms with Gasteiger partial charge in [-0.25, -0.2) is 0 Å². The molecule has 2 amide bonds. The number of carbonyl (C=O) groups excluding carboxylic acids is 2. The molecule has 7 heteroatoms. The summed E-state index contributed by atoms with van der Waals surface area (Å²) in [5.41, 5.74) is 1.28. The van der Waals surface area contributed by atoms with Gasteiger partial charge in [0.05, 0.1) is 0 Å². The summed E-state index contributed by atoms with van der Waals surface area (Å²) in [6.07, 6.45) is 1.41. The molecule has 2 aliphatic rings. The van der Waals surface area contributed by atoms with Gasteiger partial charge in [-0.3, -0.25) is 14.5 Å². The summed E-state index contributed by atoms with van der Waals surface area (Å²) in [5, 5.41) is 3.11. The molecule has 0 spiro atoms. The zero-order valence-electron chi connectivity index (χ0n) is 19.2. The van der Waals surface area contributed by atoms with Gasteiger partial charge >= 0.3 is 0 Å². The van der Waals surface area contributed by atoms with E-state index in [-0.39, 0.29) is 24.3 Å². The number of nitrogens with one attached hydrogen (secondary N) is 1. The maximum absolute atomic E-state index is 12.6. The van der Waals surface area contributed by atoms with Crippen LogP contribution in [0.5, 0.6) is 5.75 Å². The average Bonchev–Trinajstić information content (AvgIpc) is 2.89. The molecule has 7 nitrogen and oxygen atoms in total. The molecule has 176 valence electrons. The number of ether oxygens (including phenoxy) is 1. The maximum Gasteiger partial charge on any atom is 0.260 e. The number of hydrogen-bond acceptors (Lipinski definition) is 5. The van der Waals surface area contributed by atoms with E-state index < -0.39 is 0 Å². The van der Waals surface area contributed by atoms with E-state index in [1.54, 1.807) is 4.90 Å². The summed E-state index contributed by atoms with van der Waals surface area (Å²) in [4.78, 5) is 31.6. The number of carbonyl (C=O) groups is 2. The average molecular weight is 451 g/mol. The number of piperazine rings is 1. The lowest BCUT2D eigenvalue weighted by Gasteiger charge is -2.36. The molecule has 4 rings (SSSR count). The molecular formula is C26H34N4O3. The summed E-state index contributed by atoms with van der Waals surface area (Å²) in [5.74, 6) is 0.776. The van der Waals surface area contributed by atoms with Crippen LogP contribution in [-0.4, -0.2) is 80.6 Å². The number of hydrogen-bond donors (Lipinski definition) is 1. The summed E-state index contributed by atoms with van der Waals surface area (Å²) in [6.45, 7) is 6.85. The van der Waals surface area contributed by atoms with Crippen molar-refractivity contribution >= 4 is 17.5 Å². The fourth-order valence-corrected chi connectivity index (χ4v) is 4.49. The second-order valence-corrected chi connectivity index (χ2v) is 8.71. The van der Waals surface area contributed by atoms with Crippen LogP contribution in [0.3, 0.4) is 0 Å². The van der Waals surface area contributed by atoms with Crippen molar-refractivity contribution in [2.45, 2.75) is 12.8 Å². The van der Waals surface area contributed by atoms with Gasteiger partial charge in [0.2, 0.25) is 5.91 Å². The molecule has 2 heterocycles. The van der Waals surface area contributed by atoms with E-state index in [9.17, 15) is 9.59 Å². The van der Waals surface area contributed by atoms with E-state index in [1.807, 2.05) is 36.4 Å². The lowest BCUT2D eigenvalue weighted by Crippen LogP contribution is -2.49. The van der Waals surface area contributed by atoms with Gasteiger partial charge in [-0.15, -0.1) is 0 Å². The Kier molecular flexibility index (Phi) is 8.19. The van der Waals surface area contributed by atoms with Gasteiger partial charge in [0.15, 0.2) is 6.61 Å². The zero-order valence-corrected chi connectivity index (χ0v) is 19.2. The minimum absolute atomic E-state index is 0.0148. The van der Waals surface area contributed by atoms with Gasteiger partial charge in [-0.05, 0) is 37.1 Å². The van der Waals surface area contributed by atoms with E-state index in [1.165, 1.54) is 5.69 Å². The third kappa shape index (κ3) is 6.71. The van der Waals surface area contributed by atoms with Crippen LogP contribution < -0.4 is 15.0 Å². The van der Waals surface area contributed by atoms with Gasteiger partial charge in [-0.1, -0.05) is 36.4 Å². The number of amides is 2. The first-order valence-electron chi connectivity index (χ1n) is 11.9. The molecule has 0 bridgehead atoms. The van der Waals surface area contributed by atoms with Crippen LogP contribution in [0.25, 0.3) is 0 Å². The summed E-state index contributed by atoms with van der Waals surface area (Å²) in [7, 11) is 0. The number of likely N-dealkylation sites (tertiary alicyclic amines) is 1. The number of piperidine rings is 1. The summed E-state index contributed by atoms with van der Waals surface area (Å²) >= 11 is 0. The van der Waals surface area contributed by atoms with E-state index in [2.05, 4.69) is 39.4 Å². The van der Waals surface area contributed by atoms with Gasteiger partial charge < -0.3 is 19.9 Å². The largest absolute Gasteiger partial charge is 0.484 e. The number of rotatable bonds is 8. The summed E-state index contributed by atoms with van der Waals surface area (Å²) in [6, 6.07) is 19.9. The third-order valence-electron chi connectivity index (χ3n) is 6.54. The standard InChI is InChI=1S/C26H34N4O3/c31-25(21-33-24-9-5-2-6-10-24)30-14-11-22(12-15-30)26(32)27-13-16-28-17-19-29(20-18-28)23-7-3-1-4-8-23/h1-10,22H,11-21H2,(H,27,32). The SMILES string of the molecule is O=C(NCCN1CCN(c2ccccc2)CC1)C1CCN(C(=O)COc2ccccc2)CC1. The number of anilines is 1. The predicted octanol–water partition coefficient (Wildman–Crippen LogP) is 2.24. The molecule has 0 aromatic heterocycles. The highest BCUT2D eigenvalue weighted by Crippen LogP contribution is 2.18. The molecule has 2 saturated heterocycles. The highest BCUT2D eigenvalue weighted by atomic mass is 16.5. The second-order valence-electron chi connectivity index (χ2n) is 8.71. The molecule has 2 aromatic carbocycles. The Morgan fingerprint density at radius 2 is 1.48 bits per heavy atom. The quantitative estimate of drug-likeness (QED) is 0.668. The van der Waals surface area contributed by atoms with Crippen LogP contribution in [-0.2, 0) is 9.59 Å². The Morgan fingerprint density at radius 1 is 0.848 bits per heavy atom. The molecule has 2 aliphatic heterocycles. The predicted molar refractivity (Wildman–Crippen MR) is 129 cm³/mol. The van der Waals surface area contributed by atoms with Crippen molar-refractivity contribution in [3.05, 3.63) is 60.7 Å². The molecule has 0 unspecified atom stereocenters. The monoisotopic (exact) mass is 450 g/mol. The van der Waals surface area contributed by atoms with Crippen molar-refractivity contribution in [2.75, 3.05) is 63.9 Å². The number of nitrogens with zero attached hydrogens (tertiary/aromatic N) is 3. The topological polar surface area (TPSA) is 65.1 Å². The molecule has 33 heavy (non-hydrogen) atoms. The highest BCUT2D eigenvalue weighted by Gasteiger charge is 2.27. The van der Waals surface area contributed by atoms with Crippen molar-refractivity contribution in [3.8, 4) is 5.75 Å². The molecule has 0 atom stereocenters. The molecule has 1 N–H and O–H groups in total. The Labute approximate surface area is 196 Å². The van der Waals surface area contributed by atoms with Crippen LogP contribution in [0.1, 0.15) is 12.8 Å². The Bertz CT molecular complexity index is 877. The van der Waals surface area contributed by atoms with Gasteiger partial charge in [0.25, 0.3) is 5.91 Å². The Balaban J connectivity index is 1.09. The molecular weight excluding hydrogens is 416 g/mol. The van der Waals surface area contributed by atoms with Gasteiger partial charge in [-0.2, -0.15) is 0 Å². The van der Waals surface area contributed by atoms with Crippen molar-refractivity contribution in [3.63, 3.8) is 0 Å². The lowest BCUT2D eigenvalue weighted by molar-refractivity contribution is -0.137. The molecule has 0 radical (unpaired) electrons. The first-order chi connectivity index (χ1) is 16.2. The molecule has 0 aliphatic carbocycles. The number of para-hydroxylation sites is 2. The van der Waals surface area contributed by atoms with E-state index >= 15 is 0 Å². The smallest absolute Gasteiger partial charge is 0.260 e. The minimum atomic E-state index is -0.0210. The fraction of sp³-hybridized carbons (Fsp3) is 0.462. The van der Waals surface area contributed by atoms with Crippen molar-refractivity contribution in [1.82, 2.24) is 15.1 Å². The first kappa shape index (κ1) is 23.1. The maximum atomic E-state index is 12.6. The van der Waals surface area contributed by atoms with Crippen molar-refractivity contribution < 1.29 is 14.3 Å². The molecule has 2 fully saturated rings. The van der Waals surface area contributed by atoms with E-state index in [4.69, 9.17) is 4.74 Å². The van der Waals surface area contributed by atoms with Crippen LogP contribution >= 0.6 is 0 Å². The van der Waals surface area contributed by atoms with E-state index in [0.29, 0.717) is 38.2 Å². The Hall–Kier alpha value is -3.06. The second kappa shape index (κ2) is 11.7. The Morgan fingerprint density at radius 3 is 2.15 bits per heavy atom.